The third-order valence-electron chi connectivity index (χ3n) is 4.40. The van der Waals surface area contributed by atoms with Crippen molar-refractivity contribution >= 4 is 12.3 Å². The van der Waals surface area contributed by atoms with Crippen LogP contribution in [0.3, 0.4) is 0 Å². The van der Waals surface area contributed by atoms with Crippen molar-refractivity contribution in [1.82, 2.24) is 0 Å². The van der Waals surface area contributed by atoms with Gasteiger partial charge in [0, 0.05) is 17.8 Å². The fourth-order valence-electron chi connectivity index (χ4n) is 2.47. The molecular formula is C14H22O3. The predicted molar refractivity (Wildman–Crippen MR) is 66.5 cm³/mol. The first-order chi connectivity index (χ1) is 7.74. The van der Waals surface area contributed by atoms with Gasteiger partial charge in [0.25, 0.3) is 0 Å². The maximum atomic E-state index is 11.4. The highest BCUT2D eigenvalue weighted by molar-refractivity contribution is 5.66. The van der Waals surface area contributed by atoms with E-state index >= 15 is 0 Å². The number of hydrogen-bond acceptors (Lipinski definition) is 3. The van der Waals surface area contributed by atoms with E-state index in [2.05, 4.69) is 20.8 Å². The lowest BCUT2D eigenvalue weighted by atomic mass is 9.57. The molecule has 3 nitrogen and oxygen atoms in total. The molecule has 0 N–H and O–H groups in total. The molecule has 0 radical (unpaired) electrons. The van der Waals surface area contributed by atoms with Gasteiger partial charge in [-0.2, -0.15) is 0 Å². The molecule has 96 valence electrons. The predicted octanol–water partition coefficient (Wildman–Crippen LogP) is 2.89. The van der Waals surface area contributed by atoms with Gasteiger partial charge in [-0.3, -0.25) is 4.79 Å². The maximum Gasteiger partial charge on any atom is 0.302 e. The second kappa shape index (κ2) is 4.63. The maximum absolute atomic E-state index is 11.4. The van der Waals surface area contributed by atoms with Crippen molar-refractivity contribution in [2.75, 3.05) is 6.61 Å². The largest absolute Gasteiger partial charge is 0.461 e. The molecule has 1 unspecified atom stereocenters. The summed E-state index contributed by atoms with van der Waals surface area (Å²) < 4.78 is 5.11. The first kappa shape index (κ1) is 13.9. The summed E-state index contributed by atoms with van der Waals surface area (Å²) in [5.74, 6) is -0.278. The van der Waals surface area contributed by atoms with Gasteiger partial charge in [-0.1, -0.05) is 26.3 Å². The fourth-order valence-corrected chi connectivity index (χ4v) is 2.47. The van der Waals surface area contributed by atoms with Crippen LogP contribution in [0.2, 0.25) is 0 Å². The Morgan fingerprint density at radius 2 is 2.00 bits per heavy atom. The zero-order chi connectivity index (χ0) is 13.3. The van der Waals surface area contributed by atoms with E-state index in [0.717, 1.165) is 24.7 Å². The van der Waals surface area contributed by atoms with Crippen LogP contribution >= 0.6 is 0 Å². The number of esters is 1. The SMILES string of the molecule is CC(=O)OCC1=C(C)CCC(C)(C=O)C1(C)C. The molecule has 1 aliphatic carbocycles. The molecule has 0 fully saturated rings. The fraction of sp³-hybridized carbons (Fsp3) is 0.714. The number of carbonyl (C=O) groups is 2. The minimum Gasteiger partial charge on any atom is -0.461 e. The second-order valence-corrected chi connectivity index (χ2v) is 5.70. The summed E-state index contributed by atoms with van der Waals surface area (Å²) in [6.07, 6.45) is 2.81. The summed E-state index contributed by atoms with van der Waals surface area (Å²) in [7, 11) is 0. The highest BCUT2D eigenvalue weighted by Gasteiger charge is 2.46. The standard InChI is InChI=1S/C14H22O3/c1-10-6-7-14(5,9-15)13(3,4)12(10)8-17-11(2)16/h9H,6-8H2,1-5H3. The zero-order valence-corrected chi connectivity index (χ0v) is 11.4. The van der Waals surface area contributed by atoms with E-state index in [4.69, 9.17) is 4.74 Å². The lowest BCUT2D eigenvalue weighted by Crippen LogP contribution is -2.42. The van der Waals surface area contributed by atoms with Gasteiger partial charge in [0.2, 0.25) is 0 Å². The van der Waals surface area contributed by atoms with Crippen molar-refractivity contribution in [3.05, 3.63) is 11.1 Å². The number of hydrogen-bond donors (Lipinski definition) is 0. The second-order valence-electron chi connectivity index (χ2n) is 5.70. The smallest absolute Gasteiger partial charge is 0.302 e. The van der Waals surface area contributed by atoms with Crippen molar-refractivity contribution in [2.45, 2.75) is 47.5 Å². The van der Waals surface area contributed by atoms with E-state index in [1.54, 1.807) is 0 Å². The number of carbonyl (C=O) groups excluding carboxylic acids is 2. The molecule has 0 saturated carbocycles. The van der Waals surface area contributed by atoms with E-state index in [9.17, 15) is 9.59 Å². The molecule has 1 aliphatic rings. The van der Waals surface area contributed by atoms with Crippen LogP contribution in [0.15, 0.2) is 11.1 Å². The van der Waals surface area contributed by atoms with Crippen molar-refractivity contribution in [3.63, 3.8) is 0 Å². The molecule has 17 heavy (non-hydrogen) atoms. The third kappa shape index (κ3) is 2.43. The Kier molecular flexibility index (Phi) is 3.80. The minimum atomic E-state index is -0.373. The van der Waals surface area contributed by atoms with Crippen molar-refractivity contribution < 1.29 is 14.3 Å². The van der Waals surface area contributed by atoms with Crippen LogP contribution < -0.4 is 0 Å². The average Bonchev–Trinajstić information content (AvgIpc) is 2.23. The Morgan fingerprint density at radius 1 is 1.41 bits per heavy atom. The molecule has 0 aromatic carbocycles. The zero-order valence-electron chi connectivity index (χ0n) is 11.4. The highest BCUT2D eigenvalue weighted by Crippen LogP contribution is 2.51. The average molecular weight is 238 g/mol. The minimum absolute atomic E-state index is 0.257. The molecule has 0 aromatic rings. The Labute approximate surface area is 103 Å². The number of allylic oxidation sites excluding steroid dienone is 1. The molecule has 0 saturated heterocycles. The number of rotatable bonds is 3. The third-order valence-corrected chi connectivity index (χ3v) is 4.40. The van der Waals surface area contributed by atoms with Crippen LogP contribution in [0.5, 0.6) is 0 Å². The van der Waals surface area contributed by atoms with E-state index in [-0.39, 0.29) is 16.8 Å². The normalized spacial score (nSPS) is 27.8. The van der Waals surface area contributed by atoms with Crippen LogP contribution in [0.1, 0.15) is 47.5 Å². The van der Waals surface area contributed by atoms with Crippen molar-refractivity contribution in [1.29, 1.82) is 0 Å². The summed E-state index contributed by atoms with van der Waals surface area (Å²) in [4.78, 5) is 22.3. The van der Waals surface area contributed by atoms with Crippen LogP contribution in [0.4, 0.5) is 0 Å². The summed E-state index contributed by atoms with van der Waals surface area (Å²) in [5, 5.41) is 0. The monoisotopic (exact) mass is 238 g/mol. The lowest BCUT2D eigenvalue weighted by molar-refractivity contribution is -0.140. The topological polar surface area (TPSA) is 43.4 Å². The highest BCUT2D eigenvalue weighted by atomic mass is 16.5. The molecule has 1 rings (SSSR count). The van der Waals surface area contributed by atoms with E-state index in [1.807, 2.05) is 6.92 Å². The molecule has 1 atom stereocenters. The van der Waals surface area contributed by atoms with Gasteiger partial charge in [0.1, 0.15) is 12.9 Å². The van der Waals surface area contributed by atoms with Crippen molar-refractivity contribution in [2.24, 2.45) is 10.8 Å². The molecule has 0 amide bonds. The molecule has 0 aromatic heterocycles. The van der Waals surface area contributed by atoms with Gasteiger partial charge in [-0.15, -0.1) is 0 Å². The molecule has 0 bridgehead atoms. The Morgan fingerprint density at radius 3 is 2.47 bits per heavy atom. The first-order valence-electron chi connectivity index (χ1n) is 6.03. The lowest BCUT2D eigenvalue weighted by Gasteiger charge is -2.46. The summed E-state index contributed by atoms with van der Waals surface area (Å²) in [6, 6.07) is 0. The molecule has 0 heterocycles. The van der Waals surface area contributed by atoms with Gasteiger partial charge in [-0.25, -0.2) is 0 Å². The van der Waals surface area contributed by atoms with Crippen LogP contribution in [0.25, 0.3) is 0 Å². The molecular weight excluding hydrogens is 216 g/mol. The summed E-state index contributed by atoms with van der Waals surface area (Å²) in [6.45, 7) is 9.87. The van der Waals surface area contributed by atoms with Crippen LogP contribution in [-0.4, -0.2) is 18.9 Å². The first-order valence-corrected chi connectivity index (χ1v) is 6.03. The van der Waals surface area contributed by atoms with E-state index < -0.39 is 0 Å². The van der Waals surface area contributed by atoms with Gasteiger partial charge in [0.05, 0.1) is 0 Å². The van der Waals surface area contributed by atoms with Crippen LogP contribution in [0, 0.1) is 10.8 Å². The van der Waals surface area contributed by atoms with E-state index in [1.165, 1.54) is 12.5 Å². The van der Waals surface area contributed by atoms with Crippen molar-refractivity contribution in [3.8, 4) is 0 Å². The number of ether oxygens (including phenoxy) is 1. The van der Waals surface area contributed by atoms with Gasteiger partial charge >= 0.3 is 5.97 Å². The van der Waals surface area contributed by atoms with Crippen LogP contribution in [-0.2, 0) is 14.3 Å². The summed E-state index contributed by atoms with van der Waals surface area (Å²) >= 11 is 0. The van der Waals surface area contributed by atoms with Gasteiger partial charge < -0.3 is 9.53 Å². The molecule has 3 heteroatoms. The van der Waals surface area contributed by atoms with Gasteiger partial charge in [-0.05, 0) is 25.3 Å². The van der Waals surface area contributed by atoms with E-state index in [0.29, 0.717) is 6.61 Å². The Hall–Kier alpha value is -1.12. The Bertz CT molecular complexity index is 366. The quantitative estimate of drug-likeness (QED) is 0.431. The van der Waals surface area contributed by atoms with Gasteiger partial charge in [0.15, 0.2) is 0 Å². The Balaban J connectivity index is 3.06. The molecule has 0 aliphatic heterocycles. The number of aldehydes is 1. The summed E-state index contributed by atoms with van der Waals surface area (Å²) in [5.41, 5.74) is 1.71. The molecule has 0 spiro atoms.